The minimum atomic E-state index is 0.0117. The molecule has 0 spiro atoms. The average Bonchev–Trinajstić information content (AvgIpc) is 2.92. The molecule has 2 N–H and O–H groups in total. The summed E-state index contributed by atoms with van der Waals surface area (Å²) in [7, 11) is 0. The van der Waals surface area contributed by atoms with Crippen LogP contribution in [0, 0.1) is 0 Å². The van der Waals surface area contributed by atoms with Crippen molar-refractivity contribution in [3.05, 3.63) is 89.5 Å². The first-order valence-electron chi connectivity index (χ1n) is 9.09. The number of nitrogens with zero attached hydrogens (tertiary/aromatic N) is 2. The molecular weight excluding hydrogens is 338 g/mol. The number of amides is 1. The normalized spacial score (nSPS) is 16.4. The molecule has 0 atom stereocenters. The van der Waals surface area contributed by atoms with Gasteiger partial charge in [-0.2, -0.15) is 0 Å². The Kier molecular flexibility index (Phi) is 4.75. The van der Waals surface area contributed by atoms with Gasteiger partial charge >= 0.3 is 0 Å². The van der Waals surface area contributed by atoms with E-state index in [4.69, 9.17) is 10.5 Å². The van der Waals surface area contributed by atoms with Gasteiger partial charge in [-0.05, 0) is 49.6 Å². The highest BCUT2D eigenvalue weighted by Crippen LogP contribution is 2.34. The van der Waals surface area contributed by atoms with E-state index in [1.54, 1.807) is 18.3 Å². The predicted molar refractivity (Wildman–Crippen MR) is 105 cm³/mol. The predicted octanol–water partition coefficient (Wildman–Crippen LogP) is 4.08. The first-order chi connectivity index (χ1) is 13.2. The lowest BCUT2D eigenvalue weighted by Gasteiger charge is -2.32. The van der Waals surface area contributed by atoms with Gasteiger partial charge in [-0.3, -0.25) is 4.79 Å². The number of piperidine rings is 1. The van der Waals surface area contributed by atoms with E-state index in [9.17, 15) is 4.79 Å². The number of fused-ring (bicyclic) bond motifs is 1. The van der Waals surface area contributed by atoms with Crippen LogP contribution in [0.1, 0.15) is 29.6 Å². The lowest BCUT2D eigenvalue weighted by atomic mass is 9.98. The number of likely N-dealkylation sites (tertiary alicyclic amines) is 1. The lowest BCUT2D eigenvalue weighted by molar-refractivity contribution is 0.0796. The Labute approximate surface area is 158 Å². The number of hydrogen-bond donors (Lipinski definition) is 1. The number of allylic oxidation sites excluding steroid dienone is 4. The number of nitrogen functional groups attached to an aromatic ring is 1. The zero-order valence-electron chi connectivity index (χ0n) is 15.0. The van der Waals surface area contributed by atoms with Crippen LogP contribution in [0.25, 0.3) is 0 Å². The Morgan fingerprint density at radius 1 is 1.15 bits per heavy atom. The van der Waals surface area contributed by atoms with Crippen LogP contribution in [0.3, 0.4) is 0 Å². The third kappa shape index (κ3) is 3.49. The SMILES string of the molecule is Nc1cccnc1OC1=C2CCCN(C(=O)c3ccccc3)C2=CCC=C1. The molecule has 136 valence electrons. The highest BCUT2D eigenvalue weighted by Gasteiger charge is 2.29. The molecule has 1 aliphatic heterocycles. The average molecular weight is 359 g/mol. The van der Waals surface area contributed by atoms with E-state index < -0.39 is 0 Å². The van der Waals surface area contributed by atoms with Gasteiger partial charge in [0.1, 0.15) is 5.76 Å². The number of anilines is 1. The van der Waals surface area contributed by atoms with Crippen LogP contribution in [-0.4, -0.2) is 22.3 Å². The summed E-state index contributed by atoms with van der Waals surface area (Å²) in [5, 5.41) is 0. The molecule has 2 heterocycles. The van der Waals surface area contributed by atoms with Crippen molar-refractivity contribution in [1.82, 2.24) is 9.88 Å². The first kappa shape index (κ1) is 17.1. The fourth-order valence-electron chi connectivity index (χ4n) is 3.40. The van der Waals surface area contributed by atoms with Crippen molar-refractivity contribution in [2.45, 2.75) is 19.3 Å². The van der Waals surface area contributed by atoms with Crippen LogP contribution >= 0.6 is 0 Å². The van der Waals surface area contributed by atoms with Crippen LogP contribution in [-0.2, 0) is 0 Å². The number of nitrogens with two attached hydrogens (primary N) is 1. The summed E-state index contributed by atoms with van der Waals surface area (Å²) in [6.07, 6.45) is 10.2. The largest absolute Gasteiger partial charge is 0.437 e. The molecule has 5 nitrogen and oxygen atoms in total. The Morgan fingerprint density at radius 3 is 2.81 bits per heavy atom. The molecule has 0 radical (unpaired) electrons. The summed E-state index contributed by atoms with van der Waals surface area (Å²) >= 11 is 0. The number of carbonyl (C=O) groups is 1. The molecule has 0 bridgehead atoms. The van der Waals surface area contributed by atoms with Crippen LogP contribution in [0.15, 0.2) is 83.9 Å². The van der Waals surface area contributed by atoms with Gasteiger partial charge in [-0.15, -0.1) is 0 Å². The summed E-state index contributed by atoms with van der Waals surface area (Å²) in [4.78, 5) is 19.1. The summed E-state index contributed by atoms with van der Waals surface area (Å²) in [5.74, 6) is 1.10. The van der Waals surface area contributed by atoms with E-state index >= 15 is 0 Å². The third-order valence-corrected chi connectivity index (χ3v) is 4.70. The standard InChI is InChI=1S/C22H21N3O2/c23-18-11-6-14-24-21(18)27-20-13-5-4-12-19-17(20)10-7-15-25(19)22(26)16-8-2-1-3-9-16/h1-3,5-6,8-9,11-14H,4,7,10,15,23H2. The van der Waals surface area contributed by atoms with Crippen LogP contribution in [0.4, 0.5) is 5.69 Å². The number of aromatic nitrogens is 1. The van der Waals surface area contributed by atoms with Gasteiger partial charge in [0.15, 0.2) is 0 Å². The van der Waals surface area contributed by atoms with Gasteiger partial charge in [0.25, 0.3) is 5.91 Å². The maximum Gasteiger partial charge on any atom is 0.258 e. The Balaban J connectivity index is 1.69. The second kappa shape index (κ2) is 7.50. The maximum absolute atomic E-state index is 13.1. The van der Waals surface area contributed by atoms with Crippen LogP contribution in [0.2, 0.25) is 0 Å². The van der Waals surface area contributed by atoms with E-state index in [1.165, 1.54) is 0 Å². The summed E-state index contributed by atoms with van der Waals surface area (Å²) < 4.78 is 6.05. The van der Waals surface area contributed by atoms with E-state index in [2.05, 4.69) is 11.1 Å². The fourth-order valence-corrected chi connectivity index (χ4v) is 3.40. The third-order valence-electron chi connectivity index (χ3n) is 4.70. The van der Waals surface area contributed by atoms with Gasteiger partial charge < -0.3 is 15.4 Å². The maximum atomic E-state index is 13.1. The number of ether oxygens (including phenoxy) is 1. The minimum Gasteiger partial charge on any atom is -0.437 e. The quantitative estimate of drug-likeness (QED) is 0.897. The lowest BCUT2D eigenvalue weighted by Crippen LogP contribution is -2.35. The molecule has 1 saturated heterocycles. The van der Waals surface area contributed by atoms with Gasteiger partial charge in [-0.25, -0.2) is 4.98 Å². The first-order valence-corrected chi connectivity index (χ1v) is 9.09. The minimum absolute atomic E-state index is 0.0117. The number of pyridine rings is 1. The van der Waals surface area contributed by atoms with Crippen molar-refractivity contribution in [3.63, 3.8) is 0 Å². The van der Waals surface area contributed by atoms with Gasteiger partial charge in [0, 0.05) is 29.6 Å². The zero-order valence-corrected chi connectivity index (χ0v) is 15.0. The smallest absolute Gasteiger partial charge is 0.258 e. The van der Waals surface area contributed by atoms with Crippen LogP contribution in [0.5, 0.6) is 5.88 Å². The van der Waals surface area contributed by atoms with Crippen molar-refractivity contribution in [3.8, 4) is 5.88 Å². The van der Waals surface area contributed by atoms with Crippen molar-refractivity contribution in [1.29, 1.82) is 0 Å². The highest BCUT2D eigenvalue weighted by molar-refractivity contribution is 5.96. The molecule has 1 aliphatic carbocycles. The highest BCUT2D eigenvalue weighted by atomic mass is 16.5. The van der Waals surface area contributed by atoms with Gasteiger partial charge in [-0.1, -0.05) is 30.4 Å². The summed E-state index contributed by atoms with van der Waals surface area (Å²) in [6.45, 7) is 0.696. The molecular formula is C22H21N3O2. The number of rotatable bonds is 3. The van der Waals surface area contributed by atoms with Crippen molar-refractivity contribution >= 4 is 11.6 Å². The summed E-state index contributed by atoms with van der Waals surface area (Å²) in [5.41, 5.74) is 9.10. The van der Waals surface area contributed by atoms with Gasteiger partial charge in [0.2, 0.25) is 5.88 Å². The molecule has 1 aromatic carbocycles. The van der Waals surface area contributed by atoms with Crippen molar-refractivity contribution < 1.29 is 9.53 Å². The van der Waals surface area contributed by atoms with Crippen LogP contribution < -0.4 is 10.5 Å². The number of benzene rings is 1. The molecule has 0 unspecified atom stereocenters. The summed E-state index contributed by atoms with van der Waals surface area (Å²) in [6, 6.07) is 12.9. The molecule has 27 heavy (non-hydrogen) atoms. The topological polar surface area (TPSA) is 68.5 Å². The molecule has 0 saturated carbocycles. The number of carbonyl (C=O) groups excluding carboxylic acids is 1. The number of hydrogen-bond acceptors (Lipinski definition) is 4. The van der Waals surface area contributed by atoms with E-state index in [-0.39, 0.29) is 5.91 Å². The molecule has 4 rings (SSSR count). The van der Waals surface area contributed by atoms with Crippen molar-refractivity contribution in [2.24, 2.45) is 0 Å². The van der Waals surface area contributed by atoms with E-state index in [1.807, 2.05) is 47.4 Å². The Morgan fingerprint density at radius 2 is 2.00 bits per heavy atom. The van der Waals surface area contributed by atoms with E-state index in [0.717, 1.165) is 30.5 Å². The van der Waals surface area contributed by atoms with Crippen molar-refractivity contribution in [2.75, 3.05) is 12.3 Å². The molecule has 2 aromatic rings. The zero-order chi connectivity index (χ0) is 18.6. The fraction of sp³-hybridized carbons (Fsp3) is 0.182. The second-order valence-corrected chi connectivity index (χ2v) is 6.50. The molecule has 1 aromatic heterocycles. The molecule has 5 heteroatoms. The second-order valence-electron chi connectivity index (χ2n) is 6.50. The van der Waals surface area contributed by atoms with E-state index in [0.29, 0.717) is 29.4 Å². The monoisotopic (exact) mass is 359 g/mol. The Hall–Kier alpha value is -3.34. The molecule has 1 fully saturated rings. The Bertz CT molecular complexity index is 945. The molecule has 2 aliphatic rings. The van der Waals surface area contributed by atoms with Gasteiger partial charge in [0.05, 0.1) is 5.69 Å². The molecule has 1 amide bonds.